The third kappa shape index (κ3) is 6.73. The summed E-state index contributed by atoms with van der Waals surface area (Å²) in [6, 6.07) is 0. The number of carbonyl (C=O) groups is 1. The highest BCUT2D eigenvalue weighted by Gasteiger charge is 1.81. The molecule has 0 fully saturated rings. The molecule has 0 spiro atoms. The van der Waals surface area contributed by atoms with Gasteiger partial charge in [-0.15, -0.1) is 5.73 Å². The van der Waals surface area contributed by atoms with Gasteiger partial charge in [-0.05, 0) is 12.2 Å². The average Bonchev–Trinajstić information content (AvgIpc) is 1.80. The maximum absolute atomic E-state index is 10.1. The van der Waals surface area contributed by atoms with Gasteiger partial charge in [0.25, 0.3) is 0 Å². The van der Waals surface area contributed by atoms with Crippen molar-refractivity contribution >= 4 is 5.97 Å². The molecule has 0 heterocycles. The third-order valence-electron chi connectivity index (χ3n) is 0.527. The van der Waals surface area contributed by atoms with E-state index in [9.17, 15) is 4.79 Å². The SMILES string of the molecule is C=C=CC=COC(C)=O. The Morgan fingerprint density at radius 2 is 2.44 bits per heavy atom. The van der Waals surface area contributed by atoms with Crippen LogP contribution in [0.1, 0.15) is 6.92 Å². The first-order valence-electron chi connectivity index (χ1n) is 2.45. The van der Waals surface area contributed by atoms with E-state index in [1.165, 1.54) is 19.3 Å². The van der Waals surface area contributed by atoms with Crippen LogP contribution in [0.3, 0.4) is 0 Å². The average molecular weight is 124 g/mol. The van der Waals surface area contributed by atoms with Crippen molar-refractivity contribution in [3.8, 4) is 0 Å². The van der Waals surface area contributed by atoms with Crippen LogP contribution in [0, 0.1) is 0 Å². The molecule has 0 amide bonds. The predicted molar refractivity (Wildman–Crippen MR) is 34.6 cm³/mol. The number of esters is 1. The summed E-state index contributed by atoms with van der Waals surface area (Å²) in [5, 5.41) is 0. The van der Waals surface area contributed by atoms with Crippen LogP contribution < -0.4 is 0 Å². The topological polar surface area (TPSA) is 26.3 Å². The van der Waals surface area contributed by atoms with E-state index < -0.39 is 0 Å². The molecule has 0 aromatic rings. The van der Waals surface area contributed by atoms with Crippen LogP contribution in [0.25, 0.3) is 0 Å². The molecule has 0 bridgehead atoms. The van der Waals surface area contributed by atoms with Crippen LogP contribution in [0.2, 0.25) is 0 Å². The van der Waals surface area contributed by atoms with E-state index in [1.807, 2.05) is 0 Å². The Morgan fingerprint density at radius 1 is 1.78 bits per heavy atom. The maximum atomic E-state index is 10.1. The van der Waals surface area contributed by atoms with E-state index in [2.05, 4.69) is 17.0 Å². The summed E-state index contributed by atoms with van der Waals surface area (Å²) in [7, 11) is 0. The summed E-state index contributed by atoms with van der Waals surface area (Å²) in [5.74, 6) is -0.330. The van der Waals surface area contributed by atoms with E-state index >= 15 is 0 Å². The molecule has 0 N–H and O–H groups in total. The Bertz CT molecular complexity index is 162. The molecule has 2 heteroatoms. The predicted octanol–water partition coefficient (Wildman–Crippen LogP) is 1.40. The molecule has 0 radical (unpaired) electrons. The molecular weight excluding hydrogens is 116 g/mol. The van der Waals surface area contributed by atoms with Crippen LogP contribution in [0.5, 0.6) is 0 Å². The quantitative estimate of drug-likeness (QED) is 0.241. The lowest BCUT2D eigenvalue weighted by Gasteiger charge is -1.85. The Kier molecular flexibility index (Phi) is 4.19. The van der Waals surface area contributed by atoms with E-state index in [0.717, 1.165) is 0 Å². The number of hydrogen-bond acceptors (Lipinski definition) is 2. The fraction of sp³-hybridized carbons (Fsp3) is 0.143. The zero-order valence-electron chi connectivity index (χ0n) is 5.26. The van der Waals surface area contributed by atoms with E-state index in [0.29, 0.717) is 0 Å². The van der Waals surface area contributed by atoms with Crippen LogP contribution in [-0.2, 0) is 9.53 Å². The molecule has 0 aromatic carbocycles. The van der Waals surface area contributed by atoms with Gasteiger partial charge in [-0.3, -0.25) is 4.79 Å². The number of hydrogen-bond donors (Lipinski definition) is 0. The van der Waals surface area contributed by atoms with Crippen LogP contribution in [0.15, 0.2) is 30.7 Å². The second-order valence-corrected chi connectivity index (χ2v) is 1.31. The molecule has 0 aliphatic heterocycles. The number of rotatable bonds is 2. The normalized spacial score (nSPS) is 8.56. The van der Waals surface area contributed by atoms with E-state index in [4.69, 9.17) is 0 Å². The van der Waals surface area contributed by atoms with Crippen LogP contribution in [0.4, 0.5) is 0 Å². The number of carbonyl (C=O) groups excluding carboxylic acids is 1. The van der Waals surface area contributed by atoms with Gasteiger partial charge < -0.3 is 4.74 Å². The first kappa shape index (κ1) is 7.73. The fourth-order valence-corrected chi connectivity index (χ4v) is 0.242. The van der Waals surface area contributed by atoms with Gasteiger partial charge in [-0.1, -0.05) is 6.58 Å². The van der Waals surface area contributed by atoms with Crippen molar-refractivity contribution in [3.05, 3.63) is 30.7 Å². The lowest BCUT2D eigenvalue weighted by Crippen LogP contribution is -1.88. The summed E-state index contributed by atoms with van der Waals surface area (Å²) in [6.07, 6.45) is 4.36. The highest BCUT2D eigenvalue weighted by atomic mass is 16.5. The van der Waals surface area contributed by atoms with Crippen molar-refractivity contribution in [1.29, 1.82) is 0 Å². The van der Waals surface area contributed by atoms with Gasteiger partial charge in [0.1, 0.15) is 0 Å². The Balaban J connectivity index is 3.48. The van der Waals surface area contributed by atoms with Gasteiger partial charge in [-0.2, -0.15) is 0 Å². The van der Waals surface area contributed by atoms with Gasteiger partial charge in [0, 0.05) is 6.92 Å². The van der Waals surface area contributed by atoms with Crippen molar-refractivity contribution in [2.75, 3.05) is 0 Å². The summed E-state index contributed by atoms with van der Waals surface area (Å²) in [4.78, 5) is 10.1. The Labute approximate surface area is 54.1 Å². The van der Waals surface area contributed by atoms with Gasteiger partial charge in [0.2, 0.25) is 0 Å². The molecule has 0 unspecified atom stereocenters. The van der Waals surface area contributed by atoms with Crippen molar-refractivity contribution in [1.82, 2.24) is 0 Å². The van der Waals surface area contributed by atoms with Gasteiger partial charge in [-0.25, -0.2) is 0 Å². The molecule has 0 rings (SSSR count). The van der Waals surface area contributed by atoms with Gasteiger partial charge >= 0.3 is 5.97 Å². The summed E-state index contributed by atoms with van der Waals surface area (Å²) < 4.78 is 4.43. The molecule has 0 aliphatic carbocycles. The third-order valence-corrected chi connectivity index (χ3v) is 0.527. The summed E-state index contributed by atoms with van der Waals surface area (Å²) >= 11 is 0. The van der Waals surface area contributed by atoms with E-state index in [-0.39, 0.29) is 5.97 Å². The van der Waals surface area contributed by atoms with Crippen LogP contribution >= 0.6 is 0 Å². The number of ether oxygens (including phenoxy) is 1. The van der Waals surface area contributed by atoms with Crippen molar-refractivity contribution in [3.63, 3.8) is 0 Å². The van der Waals surface area contributed by atoms with Crippen molar-refractivity contribution < 1.29 is 9.53 Å². The molecule has 0 atom stereocenters. The smallest absolute Gasteiger partial charge is 0.307 e. The first-order chi connectivity index (χ1) is 4.27. The number of allylic oxidation sites excluding steroid dienone is 2. The molecule has 2 nitrogen and oxygen atoms in total. The molecule has 0 saturated carbocycles. The summed E-state index contributed by atoms with van der Waals surface area (Å²) in [5.41, 5.74) is 2.49. The summed E-state index contributed by atoms with van der Waals surface area (Å²) in [6.45, 7) is 4.64. The Hall–Kier alpha value is -1.27. The monoisotopic (exact) mass is 124 g/mol. The zero-order valence-corrected chi connectivity index (χ0v) is 5.26. The second-order valence-electron chi connectivity index (χ2n) is 1.31. The maximum Gasteiger partial charge on any atom is 0.307 e. The minimum absolute atomic E-state index is 0.330. The minimum Gasteiger partial charge on any atom is -0.435 e. The second kappa shape index (κ2) is 4.88. The first-order valence-corrected chi connectivity index (χ1v) is 2.45. The molecular formula is C7H8O2. The Morgan fingerprint density at radius 3 is 2.89 bits per heavy atom. The van der Waals surface area contributed by atoms with Crippen LogP contribution in [-0.4, -0.2) is 5.97 Å². The molecule has 0 aliphatic rings. The minimum atomic E-state index is -0.330. The fourth-order valence-electron chi connectivity index (χ4n) is 0.242. The lowest BCUT2D eigenvalue weighted by atomic mass is 10.6. The van der Waals surface area contributed by atoms with Crippen molar-refractivity contribution in [2.45, 2.75) is 6.92 Å². The molecule has 9 heavy (non-hydrogen) atoms. The standard InChI is InChI=1S/C7H8O2/c1-3-4-5-6-9-7(2)8/h4-6H,1H2,2H3. The van der Waals surface area contributed by atoms with Gasteiger partial charge in [0.15, 0.2) is 0 Å². The molecule has 0 aromatic heterocycles. The molecule has 48 valence electrons. The highest BCUT2D eigenvalue weighted by molar-refractivity contribution is 5.66. The highest BCUT2D eigenvalue weighted by Crippen LogP contribution is 1.78. The molecule has 0 saturated heterocycles. The van der Waals surface area contributed by atoms with Gasteiger partial charge in [0.05, 0.1) is 6.26 Å². The zero-order chi connectivity index (χ0) is 7.11. The van der Waals surface area contributed by atoms with Crippen molar-refractivity contribution in [2.24, 2.45) is 0 Å². The van der Waals surface area contributed by atoms with E-state index in [1.54, 1.807) is 6.08 Å². The lowest BCUT2D eigenvalue weighted by molar-refractivity contribution is -0.135. The largest absolute Gasteiger partial charge is 0.435 e.